The number of ketones is 1. The number of carbonyl (C=O) groups is 2. The second-order valence-corrected chi connectivity index (χ2v) is 4.77. The molecule has 2 rings (SSSR count). The molecule has 23 heavy (non-hydrogen) atoms. The van der Waals surface area contributed by atoms with E-state index in [1.165, 1.54) is 13.1 Å². The van der Waals surface area contributed by atoms with Crippen LogP contribution in [0.2, 0.25) is 0 Å². The summed E-state index contributed by atoms with van der Waals surface area (Å²) in [4.78, 5) is 23.3. The van der Waals surface area contributed by atoms with Crippen molar-refractivity contribution in [2.24, 2.45) is 0 Å². The summed E-state index contributed by atoms with van der Waals surface area (Å²) in [5, 5.41) is 14.6. The summed E-state index contributed by atoms with van der Waals surface area (Å²) >= 11 is 0. The largest absolute Gasteiger partial charge is 0.360 e. The number of nitrogens with one attached hydrogen (secondary N) is 2. The van der Waals surface area contributed by atoms with E-state index in [2.05, 4.69) is 10.6 Å². The summed E-state index contributed by atoms with van der Waals surface area (Å²) in [6, 6.07) is 17.5. The van der Waals surface area contributed by atoms with Gasteiger partial charge in [0, 0.05) is 23.1 Å². The molecule has 2 N–H and O–H groups in total. The number of carbonyl (C=O) groups excluding carboxylic acids is 2. The Morgan fingerprint density at radius 1 is 1.00 bits per heavy atom. The van der Waals surface area contributed by atoms with Crippen LogP contribution in [0.5, 0.6) is 0 Å². The normalized spacial score (nSPS) is 10.5. The molecule has 0 unspecified atom stereocenters. The van der Waals surface area contributed by atoms with Crippen molar-refractivity contribution in [1.82, 2.24) is 0 Å². The van der Waals surface area contributed by atoms with Crippen molar-refractivity contribution >= 4 is 23.1 Å². The lowest BCUT2D eigenvalue weighted by Crippen LogP contribution is -2.14. The molecule has 2 aromatic carbocycles. The minimum absolute atomic E-state index is 0.0486. The Kier molecular flexibility index (Phi) is 5.26. The fourth-order valence-electron chi connectivity index (χ4n) is 1.83. The summed E-state index contributed by atoms with van der Waals surface area (Å²) in [6.45, 7) is 1.47. The average molecular weight is 305 g/mol. The summed E-state index contributed by atoms with van der Waals surface area (Å²) in [5.74, 6) is -0.570. The van der Waals surface area contributed by atoms with Gasteiger partial charge >= 0.3 is 0 Å². The highest BCUT2D eigenvalue weighted by molar-refractivity contribution is 6.07. The monoisotopic (exact) mass is 305 g/mol. The first kappa shape index (κ1) is 16.0. The van der Waals surface area contributed by atoms with E-state index in [-0.39, 0.29) is 11.4 Å². The highest BCUT2D eigenvalue weighted by atomic mass is 16.1. The highest BCUT2D eigenvalue weighted by Crippen LogP contribution is 2.12. The van der Waals surface area contributed by atoms with Gasteiger partial charge in [0.1, 0.15) is 11.6 Å². The van der Waals surface area contributed by atoms with Crippen molar-refractivity contribution in [2.45, 2.75) is 6.92 Å². The maximum atomic E-state index is 12.1. The number of nitriles is 1. The van der Waals surface area contributed by atoms with Gasteiger partial charge in [-0.3, -0.25) is 9.59 Å². The number of hydrogen-bond acceptors (Lipinski definition) is 4. The molecule has 0 spiro atoms. The van der Waals surface area contributed by atoms with Gasteiger partial charge in [-0.1, -0.05) is 18.2 Å². The lowest BCUT2D eigenvalue weighted by molar-refractivity contribution is -0.112. The van der Waals surface area contributed by atoms with Crippen molar-refractivity contribution in [2.75, 3.05) is 10.6 Å². The molecule has 0 saturated carbocycles. The highest BCUT2D eigenvalue weighted by Gasteiger charge is 2.09. The van der Waals surface area contributed by atoms with Gasteiger partial charge < -0.3 is 10.6 Å². The van der Waals surface area contributed by atoms with Gasteiger partial charge in [-0.15, -0.1) is 0 Å². The number of anilines is 2. The van der Waals surface area contributed by atoms with E-state index in [4.69, 9.17) is 5.26 Å². The zero-order valence-corrected chi connectivity index (χ0v) is 12.5. The summed E-state index contributed by atoms with van der Waals surface area (Å²) < 4.78 is 0. The molecule has 5 heteroatoms. The zero-order chi connectivity index (χ0) is 16.7. The van der Waals surface area contributed by atoms with Crippen LogP contribution in [0.1, 0.15) is 17.3 Å². The second kappa shape index (κ2) is 7.57. The number of amides is 1. The topological polar surface area (TPSA) is 82.0 Å². The summed E-state index contributed by atoms with van der Waals surface area (Å²) in [6.07, 6.45) is 1.36. The Bertz CT molecular complexity index is 772. The molecule has 0 bridgehead atoms. The van der Waals surface area contributed by atoms with E-state index in [0.717, 1.165) is 5.69 Å². The molecule has 0 radical (unpaired) electrons. The number of hydrogen-bond donors (Lipinski definition) is 2. The zero-order valence-electron chi connectivity index (χ0n) is 12.5. The summed E-state index contributed by atoms with van der Waals surface area (Å²) in [7, 11) is 0. The van der Waals surface area contributed by atoms with Gasteiger partial charge in [0.2, 0.25) is 0 Å². The molecule has 0 aliphatic carbocycles. The first-order valence-electron chi connectivity index (χ1n) is 6.94. The molecule has 0 fully saturated rings. The third-order valence-corrected chi connectivity index (χ3v) is 3.07. The van der Waals surface area contributed by atoms with Crippen molar-refractivity contribution < 1.29 is 9.59 Å². The molecule has 2 aromatic rings. The van der Waals surface area contributed by atoms with Gasteiger partial charge in [-0.25, -0.2) is 0 Å². The predicted molar refractivity (Wildman–Crippen MR) is 88.8 cm³/mol. The van der Waals surface area contributed by atoms with Crippen LogP contribution < -0.4 is 10.6 Å². The van der Waals surface area contributed by atoms with Crippen LogP contribution in [0.3, 0.4) is 0 Å². The van der Waals surface area contributed by atoms with Crippen LogP contribution >= 0.6 is 0 Å². The Labute approximate surface area is 134 Å². The Balaban J connectivity index is 2.05. The molecule has 0 atom stereocenters. The Morgan fingerprint density at radius 2 is 1.65 bits per heavy atom. The predicted octanol–water partition coefficient (Wildman–Crippen LogP) is 3.35. The van der Waals surface area contributed by atoms with Gasteiger partial charge in [-0.05, 0) is 43.3 Å². The average Bonchev–Trinajstić information content (AvgIpc) is 2.57. The number of para-hydroxylation sites is 1. The van der Waals surface area contributed by atoms with Crippen LogP contribution in [0.15, 0.2) is 66.4 Å². The maximum absolute atomic E-state index is 12.1. The van der Waals surface area contributed by atoms with Gasteiger partial charge in [-0.2, -0.15) is 5.26 Å². The van der Waals surface area contributed by atoms with Crippen LogP contribution in [0.25, 0.3) is 0 Å². The van der Waals surface area contributed by atoms with Crippen LogP contribution in [0, 0.1) is 11.3 Å². The van der Waals surface area contributed by atoms with E-state index in [1.807, 2.05) is 36.4 Å². The number of rotatable bonds is 5. The molecule has 0 aliphatic rings. The third-order valence-electron chi connectivity index (χ3n) is 3.07. The van der Waals surface area contributed by atoms with Gasteiger partial charge in [0.25, 0.3) is 5.91 Å². The lowest BCUT2D eigenvalue weighted by atomic mass is 10.1. The minimum Gasteiger partial charge on any atom is -0.360 e. The second-order valence-electron chi connectivity index (χ2n) is 4.77. The molecular formula is C18H15N3O2. The number of Topliss-reactive ketones (excluding diaryl/α,β-unsaturated/α-hetero) is 1. The number of nitrogens with zero attached hydrogens (tertiary/aromatic N) is 1. The quantitative estimate of drug-likeness (QED) is 0.504. The molecule has 0 heterocycles. The van der Waals surface area contributed by atoms with Crippen molar-refractivity contribution in [3.05, 3.63) is 71.9 Å². The first-order chi connectivity index (χ1) is 11.1. The molecule has 5 nitrogen and oxygen atoms in total. The van der Waals surface area contributed by atoms with Crippen LogP contribution in [-0.2, 0) is 4.79 Å². The van der Waals surface area contributed by atoms with Gasteiger partial charge in [0.05, 0.1) is 0 Å². The third kappa shape index (κ3) is 4.55. The Morgan fingerprint density at radius 3 is 2.22 bits per heavy atom. The molecule has 1 amide bonds. The van der Waals surface area contributed by atoms with E-state index in [0.29, 0.717) is 11.3 Å². The molecule has 114 valence electrons. The molecule has 0 saturated heterocycles. The summed E-state index contributed by atoms with van der Waals surface area (Å²) in [5.41, 5.74) is 1.80. The smallest absolute Gasteiger partial charge is 0.267 e. The molecule has 0 aromatic heterocycles. The fourth-order valence-corrected chi connectivity index (χ4v) is 1.83. The van der Waals surface area contributed by atoms with Crippen LogP contribution in [-0.4, -0.2) is 11.7 Å². The fraction of sp³-hybridized carbons (Fsp3) is 0.0556. The number of benzene rings is 2. The first-order valence-corrected chi connectivity index (χ1v) is 6.94. The van der Waals surface area contributed by atoms with E-state index < -0.39 is 5.91 Å². The maximum Gasteiger partial charge on any atom is 0.267 e. The van der Waals surface area contributed by atoms with E-state index in [1.54, 1.807) is 24.3 Å². The van der Waals surface area contributed by atoms with E-state index in [9.17, 15) is 9.59 Å². The standard InChI is InChI=1S/C18H15N3O2/c1-13(22)14-7-9-17(10-8-14)21-18(23)15(11-19)12-20-16-5-3-2-4-6-16/h2-10,12,20H,1H3,(H,21,23)/b15-12-. The van der Waals surface area contributed by atoms with Crippen molar-refractivity contribution in [3.8, 4) is 6.07 Å². The molecule has 0 aliphatic heterocycles. The van der Waals surface area contributed by atoms with Crippen LogP contribution in [0.4, 0.5) is 11.4 Å². The SMILES string of the molecule is CC(=O)c1ccc(NC(=O)/C(C#N)=C\Nc2ccccc2)cc1. The minimum atomic E-state index is -0.522. The van der Waals surface area contributed by atoms with Gasteiger partial charge in [0.15, 0.2) is 5.78 Å². The van der Waals surface area contributed by atoms with Crippen molar-refractivity contribution in [3.63, 3.8) is 0 Å². The van der Waals surface area contributed by atoms with Crippen molar-refractivity contribution in [1.29, 1.82) is 5.26 Å². The van der Waals surface area contributed by atoms with E-state index >= 15 is 0 Å². The lowest BCUT2D eigenvalue weighted by Gasteiger charge is -2.06. The Hall–Kier alpha value is -3.39. The molecular weight excluding hydrogens is 290 g/mol.